The third-order valence-corrected chi connectivity index (χ3v) is 5.29. The molecule has 1 aromatic heterocycles. The zero-order valence-electron chi connectivity index (χ0n) is 13.3. The van der Waals surface area contributed by atoms with Crippen LogP contribution in [0, 0.1) is 4.77 Å². The Bertz CT molecular complexity index is 1020. The first-order chi connectivity index (χ1) is 12.1. The lowest BCUT2D eigenvalue weighted by Gasteiger charge is -2.10. The summed E-state index contributed by atoms with van der Waals surface area (Å²) in [4.78, 5) is 14.6. The lowest BCUT2D eigenvalue weighted by atomic mass is 10.2. The van der Waals surface area contributed by atoms with E-state index in [4.69, 9.17) is 12.2 Å². The molecule has 126 valence electrons. The summed E-state index contributed by atoms with van der Waals surface area (Å²) in [6.07, 6.45) is 3.29. The van der Waals surface area contributed by atoms with E-state index in [0.29, 0.717) is 10.7 Å². The molecule has 0 saturated carbocycles. The highest BCUT2D eigenvalue weighted by atomic mass is 32.2. The van der Waals surface area contributed by atoms with Gasteiger partial charge in [0.25, 0.3) is 5.56 Å². The van der Waals surface area contributed by atoms with Gasteiger partial charge in [-0.25, -0.2) is 0 Å². The Morgan fingerprint density at radius 2 is 1.68 bits per heavy atom. The summed E-state index contributed by atoms with van der Waals surface area (Å²) in [6.45, 7) is 0. The fourth-order valence-electron chi connectivity index (χ4n) is 2.33. The van der Waals surface area contributed by atoms with E-state index in [9.17, 15) is 9.00 Å². The van der Waals surface area contributed by atoms with Crippen LogP contribution in [-0.2, 0) is 16.6 Å². The summed E-state index contributed by atoms with van der Waals surface area (Å²) in [7, 11) is -1.27. The van der Waals surface area contributed by atoms with Gasteiger partial charge in [0, 0.05) is 18.5 Å². The van der Waals surface area contributed by atoms with E-state index >= 15 is 0 Å². The van der Waals surface area contributed by atoms with Gasteiger partial charge in [0.05, 0.1) is 21.5 Å². The first-order valence-electron chi connectivity index (χ1n) is 7.64. The number of nitrogens with zero attached hydrogens (tertiary/aromatic N) is 1. The van der Waals surface area contributed by atoms with Crippen molar-refractivity contribution in [2.75, 3.05) is 0 Å². The van der Waals surface area contributed by atoms with Gasteiger partial charge in [-0.1, -0.05) is 60.7 Å². The normalized spacial score (nSPS) is 12.7. The second-order valence-electron chi connectivity index (χ2n) is 5.35. The minimum absolute atomic E-state index is 0.262. The highest BCUT2D eigenvalue weighted by molar-refractivity contribution is 7.94. The van der Waals surface area contributed by atoms with Gasteiger partial charge in [-0.05, 0) is 23.3 Å². The van der Waals surface area contributed by atoms with Gasteiger partial charge in [-0.3, -0.25) is 18.6 Å². The summed E-state index contributed by atoms with van der Waals surface area (Å²) in [5.41, 5.74) is 1.58. The summed E-state index contributed by atoms with van der Waals surface area (Å²) in [6, 6.07) is 20.6. The Labute approximate surface area is 152 Å². The van der Waals surface area contributed by atoms with Gasteiger partial charge in [0.2, 0.25) is 0 Å². The Morgan fingerprint density at radius 1 is 1.04 bits per heavy atom. The van der Waals surface area contributed by atoms with Crippen molar-refractivity contribution < 1.29 is 4.21 Å². The first kappa shape index (κ1) is 17.3. The Balaban J connectivity index is 2.04. The number of aromatic nitrogens is 2. The maximum absolute atomic E-state index is 13.0. The maximum Gasteiger partial charge on any atom is 0.251 e. The van der Waals surface area contributed by atoms with E-state index in [1.165, 1.54) is 6.07 Å². The molecule has 1 heterocycles. The molecule has 0 bridgehead atoms. The molecule has 0 saturated heterocycles. The molecule has 1 N–H and O–H groups in total. The standard InChI is InChI=1S/C19H16N2O2S2/c22-18-11-12-21(19(24)20-18)13-17(16-9-5-2-6-10-16)25(23)14-15-7-3-1-4-8-15/h1-13H,14H2,(H,20,22,24)/b17-13-/t25-/m0/s1. The van der Waals surface area contributed by atoms with Crippen LogP contribution in [0.25, 0.3) is 11.1 Å². The second kappa shape index (κ2) is 8.00. The summed E-state index contributed by atoms with van der Waals surface area (Å²) >= 11 is 5.19. The quantitative estimate of drug-likeness (QED) is 0.697. The van der Waals surface area contributed by atoms with Crippen LogP contribution in [-0.4, -0.2) is 13.8 Å². The lowest BCUT2D eigenvalue weighted by molar-refractivity contribution is 0.688. The topological polar surface area (TPSA) is 54.9 Å². The lowest BCUT2D eigenvalue weighted by Crippen LogP contribution is -2.09. The second-order valence-corrected chi connectivity index (χ2v) is 7.16. The minimum Gasteiger partial charge on any atom is -0.300 e. The average Bonchev–Trinajstić information content (AvgIpc) is 2.62. The largest absolute Gasteiger partial charge is 0.300 e. The van der Waals surface area contributed by atoms with Crippen molar-refractivity contribution in [1.29, 1.82) is 0 Å². The van der Waals surface area contributed by atoms with Crippen molar-refractivity contribution >= 4 is 34.1 Å². The minimum atomic E-state index is -1.27. The third kappa shape index (κ3) is 4.49. The molecule has 4 nitrogen and oxygen atoms in total. The summed E-state index contributed by atoms with van der Waals surface area (Å²) in [5, 5.41) is 0. The monoisotopic (exact) mass is 368 g/mol. The van der Waals surface area contributed by atoms with Crippen LogP contribution in [0.1, 0.15) is 11.1 Å². The Hall–Kier alpha value is -2.57. The molecule has 0 fully saturated rings. The molecule has 1 atom stereocenters. The van der Waals surface area contributed by atoms with E-state index in [1.807, 2.05) is 60.7 Å². The van der Waals surface area contributed by atoms with Crippen LogP contribution in [0.3, 0.4) is 0 Å². The molecule has 0 radical (unpaired) electrons. The molecule has 0 spiro atoms. The van der Waals surface area contributed by atoms with Gasteiger partial charge in [-0.15, -0.1) is 0 Å². The highest BCUT2D eigenvalue weighted by Gasteiger charge is 2.11. The van der Waals surface area contributed by atoms with Crippen LogP contribution < -0.4 is 5.56 Å². The van der Waals surface area contributed by atoms with Crippen molar-refractivity contribution in [3.8, 4) is 0 Å². The smallest absolute Gasteiger partial charge is 0.251 e. The van der Waals surface area contributed by atoms with Gasteiger partial charge in [0.15, 0.2) is 4.77 Å². The maximum atomic E-state index is 13.0. The fraction of sp³-hybridized carbons (Fsp3) is 0.0526. The number of nitrogens with one attached hydrogen (secondary N) is 1. The SMILES string of the molecule is O=c1ccn(/C=C(/c2ccccc2)[S@@](=O)Cc2ccccc2)c(=S)[nH]1. The van der Waals surface area contributed by atoms with Crippen LogP contribution >= 0.6 is 12.2 Å². The highest BCUT2D eigenvalue weighted by Crippen LogP contribution is 2.22. The van der Waals surface area contributed by atoms with Crippen molar-refractivity contribution in [2.45, 2.75) is 5.75 Å². The molecule has 3 rings (SSSR count). The molecule has 0 unspecified atom stereocenters. The molecule has 0 aliphatic carbocycles. The number of benzene rings is 2. The molecule has 2 aromatic carbocycles. The van der Waals surface area contributed by atoms with E-state index in [2.05, 4.69) is 4.98 Å². The molecular formula is C19H16N2O2S2. The van der Waals surface area contributed by atoms with Gasteiger partial charge >= 0.3 is 0 Å². The van der Waals surface area contributed by atoms with Crippen LogP contribution in [0.2, 0.25) is 0 Å². The predicted molar refractivity (Wildman–Crippen MR) is 105 cm³/mol. The zero-order valence-corrected chi connectivity index (χ0v) is 14.9. The third-order valence-electron chi connectivity index (χ3n) is 3.55. The molecular weight excluding hydrogens is 352 g/mol. The van der Waals surface area contributed by atoms with E-state index in [-0.39, 0.29) is 10.3 Å². The number of hydrogen-bond acceptors (Lipinski definition) is 3. The van der Waals surface area contributed by atoms with Crippen molar-refractivity contribution in [2.24, 2.45) is 0 Å². The Morgan fingerprint density at radius 3 is 2.32 bits per heavy atom. The first-order valence-corrected chi connectivity index (χ1v) is 9.37. The molecule has 0 aliphatic heterocycles. The zero-order chi connectivity index (χ0) is 17.6. The van der Waals surface area contributed by atoms with E-state index in [0.717, 1.165) is 11.1 Å². The molecule has 0 aliphatic rings. The van der Waals surface area contributed by atoms with Crippen molar-refractivity contribution in [1.82, 2.24) is 9.55 Å². The van der Waals surface area contributed by atoms with Gasteiger partial charge in [0.1, 0.15) is 0 Å². The van der Waals surface area contributed by atoms with Gasteiger partial charge < -0.3 is 0 Å². The van der Waals surface area contributed by atoms with Crippen LogP contribution in [0.15, 0.2) is 77.7 Å². The van der Waals surface area contributed by atoms with Crippen LogP contribution in [0.4, 0.5) is 0 Å². The predicted octanol–water partition coefficient (Wildman–Crippen LogP) is 3.81. The molecule has 3 aromatic rings. The fourth-order valence-corrected chi connectivity index (χ4v) is 3.82. The van der Waals surface area contributed by atoms with E-state index < -0.39 is 10.8 Å². The van der Waals surface area contributed by atoms with Crippen LogP contribution in [0.5, 0.6) is 0 Å². The number of rotatable bonds is 5. The number of aromatic amines is 1. The van der Waals surface area contributed by atoms with Gasteiger partial charge in [-0.2, -0.15) is 0 Å². The van der Waals surface area contributed by atoms with E-state index in [1.54, 1.807) is 17.0 Å². The summed E-state index contributed by atoms with van der Waals surface area (Å²) < 4.78 is 14.9. The number of H-pyrrole nitrogens is 1. The number of hydrogen-bond donors (Lipinski definition) is 1. The molecule has 0 amide bonds. The van der Waals surface area contributed by atoms with Crippen molar-refractivity contribution in [3.05, 3.63) is 99.2 Å². The van der Waals surface area contributed by atoms with Crippen molar-refractivity contribution in [3.63, 3.8) is 0 Å². The molecule has 25 heavy (non-hydrogen) atoms. The average molecular weight is 368 g/mol. The Kier molecular flexibility index (Phi) is 5.53. The summed E-state index contributed by atoms with van der Waals surface area (Å²) in [5.74, 6) is 0.401. The molecule has 6 heteroatoms.